The maximum atomic E-state index is 12.1. The number of non-ortho nitro benzene ring substituents is 1. The summed E-state index contributed by atoms with van der Waals surface area (Å²) < 4.78 is 0. The normalized spacial score (nSPS) is 13.4. The Bertz CT molecular complexity index is 701. The number of amides is 1. The second kappa shape index (κ2) is 6.43. The predicted octanol–water partition coefficient (Wildman–Crippen LogP) is 2.95. The molecular weight excluding hydrogens is 328 g/mol. The van der Waals surface area contributed by atoms with Crippen molar-refractivity contribution in [3.8, 4) is 0 Å². The summed E-state index contributed by atoms with van der Waals surface area (Å²) in [7, 11) is 0. The van der Waals surface area contributed by atoms with Gasteiger partial charge in [0, 0.05) is 22.7 Å². The molecule has 0 aliphatic carbocycles. The Hall–Kier alpha value is -1.96. The molecule has 1 aromatic heterocycles. The molecule has 2 aromatic rings. The van der Waals surface area contributed by atoms with Gasteiger partial charge >= 0.3 is 0 Å². The van der Waals surface area contributed by atoms with Gasteiger partial charge in [-0.2, -0.15) is 11.3 Å². The summed E-state index contributed by atoms with van der Waals surface area (Å²) in [6.07, 6.45) is 0. The van der Waals surface area contributed by atoms with E-state index in [9.17, 15) is 20.0 Å². The molecule has 22 heavy (non-hydrogen) atoms. The zero-order chi connectivity index (χ0) is 16.3. The molecule has 1 heterocycles. The first-order valence-electron chi connectivity index (χ1n) is 6.28. The smallest absolute Gasteiger partial charge is 0.271 e. The second-order valence-electron chi connectivity index (χ2n) is 4.92. The average Bonchev–Trinajstić information content (AvgIpc) is 2.99. The zero-order valence-corrected chi connectivity index (χ0v) is 13.1. The molecule has 0 fully saturated rings. The number of benzene rings is 1. The third kappa shape index (κ3) is 3.82. The van der Waals surface area contributed by atoms with Crippen LogP contribution in [0, 0.1) is 10.1 Å². The minimum absolute atomic E-state index is 0.0249. The van der Waals surface area contributed by atoms with Crippen molar-refractivity contribution in [3.05, 3.63) is 61.3 Å². The largest absolute Gasteiger partial charge is 0.384 e. The third-order valence-electron chi connectivity index (χ3n) is 3.09. The van der Waals surface area contributed by atoms with E-state index in [4.69, 9.17) is 11.6 Å². The minimum Gasteiger partial charge on any atom is -0.384 e. The lowest BCUT2D eigenvalue weighted by Gasteiger charge is -2.22. The number of nitrogens with one attached hydrogen (secondary N) is 1. The number of halogens is 1. The van der Waals surface area contributed by atoms with E-state index in [0.717, 1.165) is 6.07 Å². The van der Waals surface area contributed by atoms with Crippen molar-refractivity contribution in [2.75, 3.05) is 6.54 Å². The molecule has 0 aliphatic heterocycles. The Morgan fingerprint density at radius 1 is 1.50 bits per heavy atom. The van der Waals surface area contributed by atoms with Crippen molar-refractivity contribution in [3.63, 3.8) is 0 Å². The lowest BCUT2D eigenvalue weighted by atomic mass is 9.99. The summed E-state index contributed by atoms with van der Waals surface area (Å²) in [5, 5.41) is 27.4. The molecule has 6 nitrogen and oxygen atoms in total. The van der Waals surface area contributed by atoms with E-state index in [1.54, 1.807) is 18.4 Å². The number of hydrogen-bond donors (Lipinski definition) is 2. The molecule has 0 bridgehead atoms. The Kier molecular flexibility index (Phi) is 4.80. The van der Waals surface area contributed by atoms with E-state index in [1.165, 1.54) is 23.5 Å². The highest BCUT2D eigenvalue weighted by Gasteiger charge is 2.25. The van der Waals surface area contributed by atoms with Crippen LogP contribution < -0.4 is 5.32 Å². The molecule has 0 saturated heterocycles. The van der Waals surface area contributed by atoms with E-state index < -0.39 is 16.4 Å². The minimum atomic E-state index is -1.22. The van der Waals surface area contributed by atoms with Crippen LogP contribution in [0.4, 0.5) is 5.69 Å². The summed E-state index contributed by atoms with van der Waals surface area (Å²) in [6, 6.07) is 5.41. The Labute approximate surface area is 135 Å². The van der Waals surface area contributed by atoms with Gasteiger partial charge in [-0.1, -0.05) is 11.6 Å². The fourth-order valence-corrected chi connectivity index (χ4v) is 2.85. The van der Waals surface area contributed by atoms with Crippen LogP contribution in [0.25, 0.3) is 0 Å². The molecule has 0 saturated carbocycles. The number of nitro groups is 1. The van der Waals surface area contributed by atoms with Crippen LogP contribution in [-0.4, -0.2) is 22.5 Å². The molecule has 1 aromatic carbocycles. The maximum Gasteiger partial charge on any atom is 0.271 e. The van der Waals surface area contributed by atoms with Gasteiger partial charge in [-0.15, -0.1) is 0 Å². The summed E-state index contributed by atoms with van der Waals surface area (Å²) in [4.78, 5) is 22.2. The van der Waals surface area contributed by atoms with Crippen LogP contribution in [0.5, 0.6) is 0 Å². The maximum absolute atomic E-state index is 12.1. The van der Waals surface area contributed by atoms with Crippen molar-refractivity contribution in [2.24, 2.45) is 0 Å². The molecule has 1 unspecified atom stereocenters. The standard InChI is InChI=1S/C14H13ClN2O4S/c1-14(19,10-2-3-22-7-10)8-16-13(18)9-4-11(15)6-12(5-9)17(20)21/h2-7,19H,8H2,1H3,(H,16,18). The van der Waals surface area contributed by atoms with Gasteiger partial charge < -0.3 is 10.4 Å². The molecule has 0 radical (unpaired) electrons. The lowest BCUT2D eigenvalue weighted by Crippen LogP contribution is -2.38. The van der Waals surface area contributed by atoms with Crippen LogP contribution in [0.3, 0.4) is 0 Å². The number of carbonyl (C=O) groups is 1. The first kappa shape index (κ1) is 16.4. The third-order valence-corrected chi connectivity index (χ3v) is 3.99. The van der Waals surface area contributed by atoms with Crippen molar-refractivity contribution < 1.29 is 14.8 Å². The fraction of sp³-hybridized carbons (Fsp3) is 0.214. The number of rotatable bonds is 5. The van der Waals surface area contributed by atoms with Crippen molar-refractivity contribution in [1.29, 1.82) is 0 Å². The Balaban J connectivity index is 2.11. The van der Waals surface area contributed by atoms with E-state index in [1.807, 2.05) is 5.38 Å². The number of nitrogens with zero attached hydrogens (tertiary/aromatic N) is 1. The molecule has 8 heteroatoms. The zero-order valence-electron chi connectivity index (χ0n) is 11.6. The summed E-state index contributed by atoms with van der Waals surface area (Å²) in [5.74, 6) is -0.541. The second-order valence-corrected chi connectivity index (χ2v) is 6.14. The Morgan fingerprint density at radius 2 is 2.23 bits per heavy atom. The summed E-state index contributed by atoms with van der Waals surface area (Å²) >= 11 is 7.22. The summed E-state index contributed by atoms with van der Waals surface area (Å²) in [5.41, 5.74) is -0.724. The molecule has 2 N–H and O–H groups in total. The van der Waals surface area contributed by atoms with Gasteiger partial charge in [-0.05, 0) is 35.4 Å². The molecule has 1 atom stereocenters. The number of nitro benzene ring substituents is 1. The number of thiophene rings is 1. The quantitative estimate of drug-likeness (QED) is 0.646. The van der Waals surface area contributed by atoms with E-state index in [0.29, 0.717) is 5.56 Å². The topological polar surface area (TPSA) is 92.5 Å². The van der Waals surface area contributed by atoms with E-state index in [2.05, 4.69) is 5.32 Å². The van der Waals surface area contributed by atoms with Gasteiger partial charge in [0.15, 0.2) is 0 Å². The highest BCUT2D eigenvalue weighted by molar-refractivity contribution is 7.08. The highest BCUT2D eigenvalue weighted by atomic mass is 35.5. The van der Waals surface area contributed by atoms with Crippen LogP contribution in [0.15, 0.2) is 35.0 Å². The molecule has 2 rings (SSSR count). The van der Waals surface area contributed by atoms with Gasteiger partial charge in [0.25, 0.3) is 11.6 Å². The monoisotopic (exact) mass is 340 g/mol. The SMILES string of the molecule is CC(O)(CNC(=O)c1cc(Cl)cc([N+](=O)[O-])c1)c1ccsc1. The van der Waals surface area contributed by atoms with Crippen LogP contribution in [0.1, 0.15) is 22.8 Å². The van der Waals surface area contributed by atoms with Gasteiger partial charge in [0.05, 0.1) is 11.5 Å². The Morgan fingerprint density at radius 3 is 2.82 bits per heavy atom. The molecule has 116 valence electrons. The van der Waals surface area contributed by atoms with Crippen molar-refractivity contribution >= 4 is 34.5 Å². The van der Waals surface area contributed by atoms with Crippen LogP contribution >= 0.6 is 22.9 Å². The van der Waals surface area contributed by atoms with Gasteiger partial charge in [-0.25, -0.2) is 0 Å². The van der Waals surface area contributed by atoms with Crippen molar-refractivity contribution in [1.82, 2.24) is 5.32 Å². The average molecular weight is 341 g/mol. The number of hydrogen-bond acceptors (Lipinski definition) is 5. The first-order valence-corrected chi connectivity index (χ1v) is 7.60. The molecular formula is C14H13ClN2O4S. The van der Waals surface area contributed by atoms with Gasteiger partial charge in [0.2, 0.25) is 0 Å². The van der Waals surface area contributed by atoms with Crippen LogP contribution in [-0.2, 0) is 5.60 Å². The lowest BCUT2D eigenvalue weighted by molar-refractivity contribution is -0.384. The van der Waals surface area contributed by atoms with Crippen molar-refractivity contribution in [2.45, 2.75) is 12.5 Å². The number of aliphatic hydroxyl groups is 1. The van der Waals surface area contributed by atoms with E-state index in [-0.39, 0.29) is 22.8 Å². The number of carbonyl (C=O) groups excluding carboxylic acids is 1. The predicted molar refractivity (Wildman–Crippen MR) is 84.3 cm³/mol. The molecule has 0 aliphatic rings. The summed E-state index contributed by atoms with van der Waals surface area (Å²) in [6.45, 7) is 1.55. The molecule has 1 amide bonds. The van der Waals surface area contributed by atoms with Crippen LogP contribution in [0.2, 0.25) is 5.02 Å². The first-order chi connectivity index (χ1) is 10.3. The van der Waals surface area contributed by atoms with Gasteiger partial charge in [0.1, 0.15) is 5.60 Å². The molecule has 0 spiro atoms. The fourth-order valence-electron chi connectivity index (χ4n) is 1.84. The van der Waals surface area contributed by atoms with E-state index >= 15 is 0 Å². The van der Waals surface area contributed by atoms with Gasteiger partial charge in [-0.3, -0.25) is 14.9 Å². The highest BCUT2D eigenvalue weighted by Crippen LogP contribution is 2.23.